The van der Waals surface area contributed by atoms with E-state index < -0.39 is 0 Å². The molecule has 68 heavy (non-hydrogen) atoms. The monoisotopic (exact) mass is 868 g/mol. The molecule has 4 heteroatoms. The van der Waals surface area contributed by atoms with E-state index in [1.165, 1.54) is 38.1 Å². The molecular weight excluding hydrogens is 829 g/mol. The van der Waals surface area contributed by atoms with Gasteiger partial charge in [-0.1, -0.05) is 176 Å². The Balaban J connectivity index is 1.02. The molecule has 4 nitrogen and oxygen atoms in total. The normalized spacial score (nSPS) is 11.8. The zero-order valence-corrected chi connectivity index (χ0v) is 36.8. The molecule has 0 saturated carbocycles. The fraction of sp³-hybridized carbons (Fsp3) is 0. The molecule has 0 radical (unpaired) electrons. The second kappa shape index (κ2) is 15.2. The van der Waals surface area contributed by atoms with Gasteiger partial charge in [0.05, 0.1) is 22.4 Å². The van der Waals surface area contributed by atoms with Crippen LogP contribution in [0.15, 0.2) is 251 Å². The van der Waals surface area contributed by atoms with Gasteiger partial charge in [0.1, 0.15) is 22.3 Å². The molecule has 0 atom stereocenters. The SMILES string of the molecule is c1ccc(N(c2ccc(-c3cccc4ccccc34)cc2)c2ccc3c(oc4ccccc43)c2-c2ccc(-n3c4ccccc4c4ccccc43)cc2)c(-c2cccc3c2oc2ccccc23)c1. The quantitative estimate of drug-likeness (QED) is 0.160. The first-order valence-electron chi connectivity index (χ1n) is 23.2. The van der Waals surface area contributed by atoms with Crippen molar-refractivity contribution in [3.8, 4) is 39.1 Å². The number of nitrogens with zero attached hydrogens (tertiary/aromatic N) is 2. The number of para-hydroxylation sites is 6. The molecule has 3 heterocycles. The maximum absolute atomic E-state index is 7.00. The highest BCUT2D eigenvalue weighted by molar-refractivity contribution is 6.15. The van der Waals surface area contributed by atoms with Crippen LogP contribution in [0.3, 0.4) is 0 Å². The van der Waals surface area contributed by atoms with Crippen LogP contribution in [-0.2, 0) is 0 Å². The van der Waals surface area contributed by atoms with E-state index in [9.17, 15) is 0 Å². The Morgan fingerprint density at radius 2 is 0.824 bits per heavy atom. The van der Waals surface area contributed by atoms with E-state index in [0.29, 0.717) is 0 Å². The third kappa shape index (κ3) is 5.87. The van der Waals surface area contributed by atoms with E-state index in [0.717, 1.165) is 94.4 Å². The van der Waals surface area contributed by atoms with Gasteiger partial charge in [0.15, 0.2) is 0 Å². The van der Waals surface area contributed by atoms with Crippen LogP contribution in [0.2, 0.25) is 0 Å². The molecule has 14 rings (SSSR count). The smallest absolute Gasteiger partial charge is 0.145 e. The molecule has 0 N–H and O–H groups in total. The maximum Gasteiger partial charge on any atom is 0.145 e. The number of fused-ring (bicyclic) bond motifs is 10. The second-order valence-electron chi connectivity index (χ2n) is 17.6. The summed E-state index contributed by atoms with van der Waals surface area (Å²) in [5, 5.41) is 9.26. The standard InChI is InChI=1S/C64H40N2O2/c1-2-17-46-41(15-1)16-13-23-47(46)42-31-35-45(36-32-42)66(58-28-10-5-20-50(58)53-24-14-25-54-51-21-6-11-29-60(51)67-63(53)54)59-40-39-55-52-22-7-12-30-61(52)68-64(55)62(59)43-33-37-44(38-34-43)65-56-26-8-3-18-48(56)49-19-4-9-27-57(49)65/h1-40H. The summed E-state index contributed by atoms with van der Waals surface area (Å²) in [4.78, 5) is 2.41. The van der Waals surface area contributed by atoms with Gasteiger partial charge in [-0.05, 0) is 94.2 Å². The van der Waals surface area contributed by atoms with Crippen molar-refractivity contribution in [3.63, 3.8) is 0 Å². The lowest BCUT2D eigenvalue weighted by atomic mass is 9.95. The number of hydrogen-bond donors (Lipinski definition) is 0. The van der Waals surface area contributed by atoms with Gasteiger partial charge in [-0.25, -0.2) is 0 Å². The predicted octanol–water partition coefficient (Wildman–Crippen LogP) is 18.2. The molecule has 0 aliphatic carbocycles. The first-order chi connectivity index (χ1) is 33.7. The third-order valence-corrected chi connectivity index (χ3v) is 13.8. The van der Waals surface area contributed by atoms with Gasteiger partial charge in [-0.3, -0.25) is 0 Å². The van der Waals surface area contributed by atoms with Gasteiger partial charge >= 0.3 is 0 Å². The number of furan rings is 2. The van der Waals surface area contributed by atoms with Crippen LogP contribution in [0.4, 0.5) is 17.1 Å². The molecule has 0 aliphatic heterocycles. The lowest BCUT2D eigenvalue weighted by Crippen LogP contribution is -2.12. The minimum atomic E-state index is 0.836. The highest BCUT2D eigenvalue weighted by Gasteiger charge is 2.26. The van der Waals surface area contributed by atoms with Crippen molar-refractivity contribution in [1.29, 1.82) is 0 Å². The molecular formula is C64H40N2O2. The minimum absolute atomic E-state index is 0.836. The molecule has 0 fully saturated rings. The van der Waals surface area contributed by atoms with E-state index in [1.807, 2.05) is 12.1 Å². The number of aromatic nitrogens is 1. The molecule has 0 aliphatic rings. The lowest BCUT2D eigenvalue weighted by molar-refractivity contribution is 0.669. The van der Waals surface area contributed by atoms with Crippen molar-refractivity contribution in [2.24, 2.45) is 0 Å². The van der Waals surface area contributed by atoms with Crippen LogP contribution in [-0.4, -0.2) is 4.57 Å². The van der Waals surface area contributed by atoms with Crippen molar-refractivity contribution in [3.05, 3.63) is 243 Å². The molecule has 0 bridgehead atoms. The van der Waals surface area contributed by atoms with E-state index in [4.69, 9.17) is 8.83 Å². The van der Waals surface area contributed by atoms with Crippen molar-refractivity contribution in [2.75, 3.05) is 4.90 Å². The number of anilines is 3. The molecule has 0 saturated heterocycles. The molecule has 0 unspecified atom stereocenters. The Morgan fingerprint density at radius 3 is 1.56 bits per heavy atom. The number of benzene rings is 11. The van der Waals surface area contributed by atoms with Gasteiger partial charge in [-0.2, -0.15) is 0 Å². The highest BCUT2D eigenvalue weighted by atomic mass is 16.3. The Morgan fingerprint density at radius 1 is 0.309 bits per heavy atom. The second-order valence-corrected chi connectivity index (χ2v) is 17.6. The van der Waals surface area contributed by atoms with Gasteiger partial charge < -0.3 is 18.3 Å². The minimum Gasteiger partial charge on any atom is -0.455 e. The van der Waals surface area contributed by atoms with E-state index in [1.54, 1.807) is 0 Å². The molecule has 11 aromatic carbocycles. The maximum atomic E-state index is 7.00. The van der Waals surface area contributed by atoms with Crippen LogP contribution < -0.4 is 4.90 Å². The van der Waals surface area contributed by atoms with Crippen LogP contribution in [0.5, 0.6) is 0 Å². The van der Waals surface area contributed by atoms with E-state index in [2.05, 4.69) is 240 Å². The van der Waals surface area contributed by atoms with Crippen LogP contribution in [0.25, 0.3) is 116 Å². The topological polar surface area (TPSA) is 34.5 Å². The average Bonchev–Trinajstić information content (AvgIpc) is 4.09. The molecule has 14 aromatic rings. The summed E-state index contributed by atoms with van der Waals surface area (Å²) in [6.07, 6.45) is 0. The Kier molecular flexibility index (Phi) is 8.55. The summed E-state index contributed by atoms with van der Waals surface area (Å²) in [6, 6.07) is 86.9. The van der Waals surface area contributed by atoms with Crippen molar-refractivity contribution >= 4 is 93.5 Å². The summed E-state index contributed by atoms with van der Waals surface area (Å²) >= 11 is 0. The summed E-state index contributed by atoms with van der Waals surface area (Å²) < 4.78 is 16.1. The first kappa shape index (κ1) is 38.2. The lowest BCUT2D eigenvalue weighted by Gasteiger charge is -2.30. The van der Waals surface area contributed by atoms with Gasteiger partial charge in [-0.15, -0.1) is 0 Å². The van der Waals surface area contributed by atoms with Crippen molar-refractivity contribution in [1.82, 2.24) is 4.57 Å². The predicted molar refractivity (Wildman–Crippen MR) is 284 cm³/mol. The molecule has 3 aromatic heterocycles. The van der Waals surface area contributed by atoms with E-state index in [-0.39, 0.29) is 0 Å². The first-order valence-corrected chi connectivity index (χ1v) is 23.2. The van der Waals surface area contributed by atoms with Crippen LogP contribution >= 0.6 is 0 Å². The van der Waals surface area contributed by atoms with Gasteiger partial charge in [0.25, 0.3) is 0 Å². The average molecular weight is 869 g/mol. The number of hydrogen-bond acceptors (Lipinski definition) is 3. The Labute approximate surface area is 391 Å². The Hall–Kier alpha value is -9.12. The zero-order valence-electron chi connectivity index (χ0n) is 36.8. The number of rotatable bonds is 7. The molecule has 0 spiro atoms. The fourth-order valence-corrected chi connectivity index (χ4v) is 10.8. The molecule has 0 amide bonds. The Bertz CT molecular complexity index is 4210. The van der Waals surface area contributed by atoms with E-state index >= 15 is 0 Å². The third-order valence-electron chi connectivity index (χ3n) is 13.8. The summed E-state index contributed by atoms with van der Waals surface area (Å²) in [7, 11) is 0. The van der Waals surface area contributed by atoms with Crippen molar-refractivity contribution in [2.45, 2.75) is 0 Å². The van der Waals surface area contributed by atoms with Gasteiger partial charge in [0.2, 0.25) is 0 Å². The zero-order chi connectivity index (χ0) is 44.7. The summed E-state index contributed by atoms with van der Waals surface area (Å²) in [5.41, 5.74) is 16.3. The highest BCUT2D eigenvalue weighted by Crippen LogP contribution is 2.50. The fourth-order valence-electron chi connectivity index (χ4n) is 10.8. The van der Waals surface area contributed by atoms with Crippen LogP contribution in [0, 0.1) is 0 Å². The van der Waals surface area contributed by atoms with Gasteiger partial charge in [0, 0.05) is 60.4 Å². The largest absolute Gasteiger partial charge is 0.455 e. The summed E-state index contributed by atoms with van der Waals surface area (Å²) in [6.45, 7) is 0. The van der Waals surface area contributed by atoms with Crippen molar-refractivity contribution < 1.29 is 8.83 Å². The summed E-state index contributed by atoms with van der Waals surface area (Å²) in [5.74, 6) is 0. The molecule has 318 valence electrons. The van der Waals surface area contributed by atoms with Crippen LogP contribution in [0.1, 0.15) is 0 Å².